The Balaban J connectivity index is 1.53. The molecule has 0 radical (unpaired) electrons. The van der Waals surface area contributed by atoms with Crippen molar-refractivity contribution in [2.75, 3.05) is 6.61 Å². The monoisotopic (exact) mass is 346 g/mol. The zero-order chi connectivity index (χ0) is 17.7. The van der Waals surface area contributed by atoms with E-state index in [0.717, 1.165) is 41.9 Å². The summed E-state index contributed by atoms with van der Waals surface area (Å²) in [6, 6.07) is 0. The van der Waals surface area contributed by atoms with Gasteiger partial charge in [-0.15, -0.1) is 0 Å². The zero-order valence-corrected chi connectivity index (χ0v) is 17.1. The first kappa shape index (κ1) is 18.3. The first-order valence-electron chi connectivity index (χ1n) is 11.6. The van der Waals surface area contributed by atoms with Gasteiger partial charge in [-0.1, -0.05) is 33.6 Å². The molecule has 1 heteroatoms. The van der Waals surface area contributed by atoms with Crippen molar-refractivity contribution < 1.29 is 5.11 Å². The van der Waals surface area contributed by atoms with Gasteiger partial charge < -0.3 is 5.11 Å². The largest absolute Gasteiger partial charge is 0.396 e. The number of aliphatic hydroxyl groups is 1. The number of fused-ring (bicyclic) bond motifs is 5. The Bertz CT molecular complexity index is 473. The summed E-state index contributed by atoms with van der Waals surface area (Å²) in [6.45, 7) is 8.24. The molecule has 4 rings (SSSR count). The van der Waals surface area contributed by atoms with Crippen LogP contribution in [0.5, 0.6) is 0 Å². The number of aliphatic hydroxyl groups excluding tert-OH is 1. The molecule has 0 amide bonds. The first-order valence-corrected chi connectivity index (χ1v) is 11.6. The standard InChI is InChI=1S/C24H42O/c1-17(7-6-16-25)20-11-12-21-19-10-9-18-8-4-5-14-23(18,2)22(19)13-15-24(20,21)3/h17-22,25H,4-16H2,1-3H3/t17-,18-,19+,20-,21+,22+,23+,24-/m1/s1. The SMILES string of the molecule is C[C@H](CCCO)[C@H]1CC[C@H]2[C@@H]3CC[C@H]4CCCC[C@]4(C)[C@H]3CC[C@]12C. The van der Waals surface area contributed by atoms with Crippen LogP contribution in [0.4, 0.5) is 0 Å². The summed E-state index contributed by atoms with van der Waals surface area (Å²) in [5.41, 5.74) is 1.29. The van der Waals surface area contributed by atoms with Gasteiger partial charge in [0.2, 0.25) is 0 Å². The highest BCUT2D eigenvalue weighted by Crippen LogP contribution is 2.68. The molecule has 1 nitrogen and oxygen atoms in total. The predicted octanol–water partition coefficient (Wildman–Crippen LogP) is 6.44. The van der Waals surface area contributed by atoms with Crippen LogP contribution < -0.4 is 0 Å². The molecule has 4 aliphatic rings. The lowest BCUT2D eigenvalue weighted by Gasteiger charge is -2.61. The van der Waals surface area contributed by atoms with Gasteiger partial charge in [0.25, 0.3) is 0 Å². The fourth-order valence-electron chi connectivity index (χ4n) is 8.88. The fourth-order valence-corrected chi connectivity index (χ4v) is 8.88. The fraction of sp³-hybridized carbons (Fsp3) is 1.00. The van der Waals surface area contributed by atoms with Crippen LogP contribution in [0, 0.1) is 46.3 Å². The quantitative estimate of drug-likeness (QED) is 0.620. The highest BCUT2D eigenvalue weighted by Gasteiger charge is 2.59. The van der Waals surface area contributed by atoms with Gasteiger partial charge >= 0.3 is 0 Å². The molecule has 0 bridgehead atoms. The second-order valence-electron chi connectivity index (χ2n) is 11.0. The van der Waals surface area contributed by atoms with E-state index < -0.39 is 0 Å². The lowest BCUT2D eigenvalue weighted by molar-refractivity contribution is -0.114. The Morgan fingerprint density at radius 2 is 1.68 bits per heavy atom. The van der Waals surface area contributed by atoms with Crippen LogP contribution in [-0.2, 0) is 0 Å². The average Bonchev–Trinajstić information content (AvgIpc) is 2.96. The van der Waals surface area contributed by atoms with Crippen molar-refractivity contribution in [1.82, 2.24) is 0 Å². The Labute approximate surface area is 156 Å². The second-order valence-corrected chi connectivity index (χ2v) is 11.0. The summed E-state index contributed by atoms with van der Waals surface area (Å²) in [5.74, 6) is 5.85. The third-order valence-electron chi connectivity index (χ3n) is 10.2. The van der Waals surface area contributed by atoms with Crippen LogP contribution in [0.2, 0.25) is 0 Å². The molecule has 1 N–H and O–H groups in total. The number of hydrogen-bond acceptors (Lipinski definition) is 1. The van der Waals surface area contributed by atoms with Crippen LogP contribution in [0.15, 0.2) is 0 Å². The van der Waals surface area contributed by atoms with E-state index in [4.69, 9.17) is 0 Å². The molecule has 4 saturated carbocycles. The Kier molecular flexibility index (Phi) is 5.02. The molecular formula is C24H42O. The third kappa shape index (κ3) is 2.82. The molecule has 0 aromatic carbocycles. The van der Waals surface area contributed by atoms with E-state index in [-0.39, 0.29) is 0 Å². The van der Waals surface area contributed by atoms with Crippen LogP contribution >= 0.6 is 0 Å². The van der Waals surface area contributed by atoms with Gasteiger partial charge in [-0.3, -0.25) is 0 Å². The second kappa shape index (κ2) is 6.84. The van der Waals surface area contributed by atoms with Gasteiger partial charge in [-0.2, -0.15) is 0 Å². The maximum atomic E-state index is 9.25. The van der Waals surface area contributed by atoms with E-state index in [9.17, 15) is 5.11 Å². The van der Waals surface area contributed by atoms with E-state index in [1.54, 1.807) is 6.42 Å². The molecule has 8 atom stereocenters. The number of hydrogen-bond donors (Lipinski definition) is 1. The Hall–Kier alpha value is -0.0400. The van der Waals surface area contributed by atoms with E-state index >= 15 is 0 Å². The predicted molar refractivity (Wildman–Crippen MR) is 105 cm³/mol. The van der Waals surface area contributed by atoms with Crippen molar-refractivity contribution in [3.63, 3.8) is 0 Å². The van der Waals surface area contributed by atoms with Crippen LogP contribution in [-0.4, -0.2) is 11.7 Å². The van der Waals surface area contributed by atoms with Crippen molar-refractivity contribution in [2.45, 2.75) is 97.8 Å². The molecule has 0 aliphatic heterocycles. The van der Waals surface area contributed by atoms with Crippen LogP contribution in [0.1, 0.15) is 97.8 Å². The molecule has 0 heterocycles. The average molecular weight is 347 g/mol. The van der Waals surface area contributed by atoms with Crippen molar-refractivity contribution >= 4 is 0 Å². The van der Waals surface area contributed by atoms with Crippen LogP contribution in [0.25, 0.3) is 0 Å². The highest BCUT2D eigenvalue weighted by atomic mass is 16.2. The Morgan fingerprint density at radius 1 is 0.880 bits per heavy atom. The first-order chi connectivity index (χ1) is 12.0. The maximum Gasteiger partial charge on any atom is 0.0431 e. The minimum Gasteiger partial charge on any atom is -0.396 e. The highest BCUT2D eigenvalue weighted by molar-refractivity contribution is 5.09. The molecule has 0 spiro atoms. The van der Waals surface area contributed by atoms with Gasteiger partial charge in [0.15, 0.2) is 0 Å². The molecular weight excluding hydrogens is 304 g/mol. The molecule has 0 aromatic heterocycles. The van der Waals surface area contributed by atoms with Crippen molar-refractivity contribution in [2.24, 2.45) is 46.3 Å². The molecule has 0 saturated heterocycles. The third-order valence-corrected chi connectivity index (χ3v) is 10.2. The summed E-state index contributed by atoms with van der Waals surface area (Å²) >= 11 is 0. The summed E-state index contributed by atoms with van der Waals surface area (Å²) in [6.07, 6.45) is 17.4. The molecule has 0 unspecified atom stereocenters. The van der Waals surface area contributed by atoms with Crippen LogP contribution in [0.3, 0.4) is 0 Å². The normalized spacial score (nSPS) is 50.6. The minimum absolute atomic E-state index is 0.377. The Morgan fingerprint density at radius 3 is 2.48 bits per heavy atom. The smallest absolute Gasteiger partial charge is 0.0431 e. The van der Waals surface area contributed by atoms with E-state index in [2.05, 4.69) is 20.8 Å². The minimum atomic E-state index is 0.377. The molecule has 4 fully saturated rings. The summed E-state index contributed by atoms with van der Waals surface area (Å²) in [7, 11) is 0. The zero-order valence-electron chi connectivity index (χ0n) is 17.1. The van der Waals surface area contributed by atoms with Gasteiger partial charge in [0.1, 0.15) is 0 Å². The van der Waals surface area contributed by atoms with Crippen molar-refractivity contribution in [3.05, 3.63) is 0 Å². The molecule has 4 aliphatic carbocycles. The summed E-state index contributed by atoms with van der Waals surface area (Å²) in [4.78, 5) is 0. The van der Waals surface area contributed by atoms with Gasteiger partial charge in [0.05, 0.1) is 0 Å². The molecule has 144 valence electrons. The number of rotatable bonds is 4. The summed E-state index contributed by atoms with van der Waals surface area (Å²) in [5, 5.41) is 9.25. The lowest BCUT2D eigenvalue weighted by Crippen LogP contribution is -2.53. The molecule has 0 aromatic rings. The summed E-state index contributed by atoms with van der Waals surface area (Å²) < 4.78 is 0. The van der Waals surface area contributed by atoms with E-state index in [1.807, 2.05) is 0 Å². The van der Waals surface area contributed by atoms with Gasteiger partial charge in [0, 0.05) is 6.61 Å². The van der Waals surface area contributed by atoms with E-state index in [1.165, 1.54) is 64.2 Å². The van der Waals surface area contributed by atoms with Crippen molar-refractivity contribution in [1.29, 1.82) is 0 Å². The van der Waals surface area contributed by atoms with Gasteiger partial charge in [-0.25, -0.2) is 0 Å². The topological polar surface area (TPSA) is 20.2 Å². The molecule has 25 heavy (non-hydrogen) atoms. The van der Waals surface area contributed by atoms with E-state index in [0.29, 0.717) is 17.4 Å². The van der Waals surface area contributed by atoms with Gasteiger partial charge in [-0.05, 0) is 111 Å². The lowest BCUT2D eigenvalue weighted by atomic mass is 9.44. The van der Waals surface area contributed by atoms with Crippen molar-refractivity contribution in [3.8, 4) is 0 Å². The maximum absolute atomic E-state index is 9.25.